The molecule has 1 fully saturated rings. The van der Waals surface area contributed by atoms with Crippen molar-refractivity contribution in [3.05, 3.63) is 11.8 Å². The molecular weight excluding hydrogens is 246 g/mol. The molecule has 6 heteroatoms. The fraction of sp³-hybridized carbons (Fsp3) is 0.615. The van der Waals surface area contributed by atoms with Crippen molar-refractivity contribution in [1.29, 1.82) is 0 Å². The maximum atomic E-state index is 11.6. The summed E-state index contributed by atoms with van der Waals surface area (Å²) in [6.07, 6.45) is 3.54. The number of H-pyrrole nitrogens is 1. The number of carbonyl (C=O) groups excluding carboxylic acids is 2. The molecule has 0 radical (unpaired) electrons. The molecule has 104 valence electrons. The Morgan fingerprint density at radius 3 is 3.05 bits per heavy atom. The normalized spacial score (nSPS) is 21.4. The van der Waals surface area contributed by atoms with E-state index in [2.05, 4.69) is 15.5 Å². The second kappa shape index (κ2) is 5.86. The number of nitrogens with zero attached hydrogens (tertiary/aromatic N) is 1. The molecule has 2 N–H and O–H groups in total. The summed E-state index contributed by atoms with van der Waals surface area (Å²) in [6, 6.07) is 1.81. The van der Waals surface area contributed by atoms with Gasteiger partial charge in [0.15, 0.2) is 0 Å². The summed E-state index contributed by atoms with van der Waals surface area (Å²) < 4.78 is 4.91. The van der Waals surface area contributed by atoms with Gasteiger partial charge in [-0.2, -0.15) is 0 Å². The van der Waals surface area contributed by atoms with Gasteiger partial charge in [-0.25, -0.2) is 0 Å². The summed E-state index contributed by atoms with van der Waals surface area (Å²) in [5, 5.41) is 9.83. The van der Waals surface area contributed by atoms with E-state index in [1.807, 2.05) is 6.92 Å². The third-order valence-electron chi connectivity index (χ3n) is 3.43. The third kappa shape index (κ3) is 3.56. The molecule has 0 saturated carbocycles. The first-order valence-electron chi connectivity index (χ1n) is 6.59. The topological polar surface area (TPSA) is 84.1 Å². The molecule has 2 rings (SSSR count). The predicted molar refractivity (Wildman–Crippen MR) is 68.7 cm³/mol. The van der Waals surface area contributed by atoms with Gasteiger partial charge in [-0.15, -0.1) is 5.10 Å². The Labute approximate surface area is 111 Å². The molecule has 0 aliphatic carbocycles. The highest BCUT2D eigenvalue weighted by Crippen LogP contribution is 2.25. The molecule has 0 bridgehead atoms. The first-order chi connectivity index (χ1) is 9.06. The minimum absolute atomic E-state index is 0.0978. The van der Waals surface area contributed by atoms with Gasteiger partial charge in [-0.3, -0.25) is 14.7 Å². The summed E-state index contributed by atoms with van der Waals surface area (Å²) in [4.78, 5) is 22.4. The largest absolute Gasteiger partial charge is 0.406 e. The number of nitrogens with one attached hydrogen (secondary N) is 2. The fourth-order valence-corrected chi connectivity index (χ4v) is 2.34. The number of hydrogen-bond donors (Lipinski definition) is 2. The second-order valence-electron chi connectivity index (χ2n) is 4.96. The molecule has 1 aromatic rings. The van der Waals surface area contributed by atoms with E-state index in [0.29, 0.717) is 6.42 Å². The minimum atomic E-state index is -0.395. The number of hydrogen-bond acceptors (Lipinski definition) is 4. The zero-order chi connectivity index (χ0) is 13.8. The number of ether oxygens (including phenoxy) is 1. The lowest BCUT2D eigenvalue weighted by Gasteiger charge is -2.22. The molecule has 0 aromatic carbocycles. The van der Waals surface area contributed by atoms with Gasteiger partial charge in [0, 0.05) is 37.1 Å². The van der Waals surface area contributed by atoms with Crippen LogP contribution >= 0.6 is 0 Å². The van der Waals surface area contributed by atoms with Crippen LogP contribution in [-0.4, -0.2) is 28.1 Å². The van der Waals surface area contributed by atoms with Crippen molar-refractivity contribution in [3.8, 4) is 5.88 Å². The van der Waals surface area contributed by atoms with E-state index in [1.54, 1.807) is 6.07 Å². The Morgan fingerprint density at radius 2 is 2.32 bits per heavy atom. The smallest absolute Gasteiger partial charge is 0.309 e. The van der Waals surface area contributed by atoms with E-state index >= 15 is 0 Å². The van der Waals surface area contributed by atoms with Gasteiger partial charge in [-0.05, 0) is 12.8 Å². The van der Waals surface area contributed by atoms with Crippen LogP contribution < -0.4 is 10.1 Å². The van der Waals surface area contributed by atoms with Gasteiger partial charge in [0.1, 0.15) is 0 Å². The van der Waals surface area contributed by atoms with Gasteiger partial charge in [-0.1, -0.05) is 13.3 Å². The first kappa shape index (κ1) is 13.6. The van der Waals surface area contributed by atoms with Gasteiger partial charge in [0.2, 0.25) is 11.8 Å². The SMILES string of the molecule is CC(=O)Oc1cc(C(C)C2CCCCC(=O)N2)[nH]n1. The van der Waals surface area contributed by atoms with Crippen molar-refractivity contribution in [1.82, 2.24) is 15.5 Å². The third-order valence-corrected chi connectivity index (χ3v) is 3.43. The average Bonchev–Trinajstić information content (AvgIpc) is 2.68. The number of aromatic nitrogens is 2. The Hall–Kier alpha value is -1.85. The summed E-state index contributed by atoms with van der Waals surface area (Å²) in [6.45, 7) is 3.37. The number of amides is 1. The first-order valence-corrected chi connectivity index (χ1v) is 6.59. The summed E-state index contributed by atoms with van der Waals surface area (Å²) in [5.74, 6) is 0.0932. The molecule has 1 amide bonds. The molecular formula is C13H19N3O3. The van der Waals surface area contributed by atoms with Crippen molar-refractivity contribution < 1.29 is 14.3 Å². The van der Waals surface area contributed by atoms with E-state index in [0.717, 1.165) is 25.0 Å². The van der Waals surface area contributed by atoms with Crippen LogP contribution in [0.4, 0.5) is 0 Å². The van der Waals surface area contributed by atoms with E-state index in [1.165, 1.54) is 6.92 Å². The molecule has 1 saturated heterocycles. The van der Waals surface area contributed by atoms with Crippen LogP contribution in [0.25, 0.3) is 0 Å². The summed E-state index contributed by atoms with van der Waals surface area (Å²) in [7, 11) is 0. The van der Waals surface area contributed by atoms with Crippen molar-refractivity contribution >= 4 is 11.9 Å². The van der Waals surface area contributed by atoms with E-state index < -0.39 is 5.97 Å². The van der Waals surface area contributed by atoms with Crippen LogP contribution in [0.15, 0.2) is 6.07 Å². The molecule has 1 aromatic heterocycles. The van der Waals surface area contributed by atoms with Crippen molar-refractivity contribution in [2.24, 2.45) is 0 Å². The van der Waals surface area contributed by atoms with Crippen LogP contribution in [0.2, 0.25) is 0 Å². The van der Waals surface area contributed by atoms with Gasteiger partial charge >= 0.3 is 5.97 Å². The van der Waals surface area contributed by atoms with Crippen molar-refractivity contribution in [2.45, 2.75) is 51.5 Å². The van der Waals surface area contributed by atoms with Crippen LogP contribution in [0.5, 0.6) is 5.88 Å². The fourth-order valence-electron chi connectivity index (χ4n) is 2.34. The maximum Gasteiger partial charge on any atom is 0.309 e. The Balaban J connectivity index is 2.05. The molecule has 2 unspecified atom stereocenters. The van der Waals surface area contributed by atoms with Crippen LogP contribution in [-0.2, 0) is 9.59 Å². The van der Waals surface area contributed by atoms with Crippen LogP contribution in [0.1, 0.15) is 51.1 Å². The Bertz CT molecular complexity index is 469. The number of aromatic amines is 1. The highest BCUT2D eigenvalue weighted by atomic mass is 16.5. The van der Waals surface area contributed by atoms with Gasteiger partial charge in [0.05, 0.1) is 0 Å². The maximum absolute atomic E-state index is 11.6. The molecule has 19 heavy (non-hydrogen) atoms. The van der Waals surface area contributed by atoms with E-state index in [9.17, 15) is 9.59 Å². The summed E-state index contributed by atoms with van der Waals surface area (Å²) in [5.41, 5.74) is 0.864. The lowest BCUT2D eigenvalue weighted by Crippen LogP contribution is -2.36. The van der Waals surface area contributed by atoms with Crippen molar-refractivity contribution in [2.75, 3.05) is 0 Å². The zero-order valence-corrected chi connectivity index (χ0v) is 11.2. The molecule has 2 heterocycles. The van der Waals surface area contributed by atoms with Crippen LogP contribution in [0.3, 0.4) is 0 Å². The second-order valence-corrected chi connectivity index (χ2v) is 4.96. The monoisotopic (exact) mass is 265 g/mol. The molecule has 2 atom stereocenters. The number of carbonyl (C=O) groups is 2. The lowest BCUT2D eigenvalue weighted by molar-refractivity contribution is -0.132. The lowest BCUT2D eigenvalue weighted by atomic mass is 9.94. The predicted octanol–water partition coefficient (Wildman–Crippen LogP) is 1.50. The molecule has 1 aliphatic rings. The molecule has 0 spiro atoms. The quantitative estimate of drug-likeness (QED) is 0.811. The Morgan fingerprint density at radius 1 is 1.53 bits per heavy atom. The highest BCUT2D eigenvalue weighted by molar-refractivity contribution is 5.76. The number of rotatable bonds is 3. The van der Waals surface area contributed by atoms with E-state index in [4.69, 9.17) is 4.74 Å². The Kier molecular flexibility index (Phi) is 4.19. The van der Waals surface area contributed by atoms with E-state index in [-0.39, 0.29) is 23.7 Å². The highest BCUT2D eigenvalue weighted by Gasteiger charge is 2.24. The number of esters is 1. The van der Waals surface area contributed by atoms with Crippen LogP contribution in [0, 0.1) is 0 Å². The molecule has 1 aliphatic heterocycles. The minimum Gasteiger partial charge on any atom is -0.406 e. The summed E-state index contributed by atoms with van der Waals surface area (Å²) >= 11 is 0. The van der Waals surface area contributed by atoms with Gasteiger partial charge < -0.3 is 10.1 Å². The van der Waals surface area contributed by atoms with Crippen molar-refractivity contribution in [3.63, 3.8) is 0 Å². The van der Waals surface area contributed by atoms with Gasteiger partial charge in [0.25, 0.3) is 0 Å². The standard InChI is InChI=1S/C13H19N3O3/c1-8(10-5-3-4-6-12(18)14-10)11-7-13(16-15-11)19-9(2)17/h7-8,10H,3-6H2,1-2H3,(H,14,18)(H,15,16). The average molecular weight is 265 g/mol. The zero-order valence-electron chi connectivity index (χ0n) is 11.2. The molecule has 6 nitrogen and oxygen atoms in total.